The van der Waals surface area contributed by atoms with Gasteiger partial charge in [0.05, 0.1) is 0 Å². The summed E-state index contributed by atoms with van der Waals surface area (Å²) < 4.78 is 2.35. The lowest BCUT2D eigenvalue weighted by Crippen LogP contribution is -2.33. The van der Waals surface area contributed by atoms with E-state index < -0.39 is 0 Å². The molecule has 0 aliphatic heterocycles. The molecule has 2 saturated carbocycles. The van der Waals surface area contributed by atoms with Crippen LogP contribution in [0.25, 0.3) is 0 Å². The minimum atomic E-state index is 0.256. The largest absolute Gasteiger partial charge is 0.355 e. The average molecular weight is 275 g/mol. The molecule has 4 nitrogen and oxygen atoms in total. The number of carbonyl (C=O) groups is 1. The maximum atomic E-state index is 12.1. The first-order valence-electron chi connectivity index (χ1n) is 8.06. The summed E-state index contributed by atoms with van der Waals surface area (Å²) in [6.07, 6.45) is 11.2. The van der Waals surface area contributed by atoms with Crippen LogP contribution in [-0.2, 0) is 11.2 Å². The van der Waals surface area contributed by atoms with E-state index in [0.29, 0.717) is 6.04 Å². The van der Waals surface area contributed by atoms with E-state index in [0.717, 1.165) is 31.6 Å². The molecule has 1 aromatic rings. The number of carbonyl (C=O) groups excluding carboxylic acids is 1. The summed E-state index contributed by atoms with van der Waals surface area (Å²) in [5.41, 5.74) is 1.25. The number of aryl methyl sites for hydroxylation is 1. The zero-order valence-corrected chi connectivity index (χ0v) is 12.4. The standard InChI is InChI=1S/C16H25N3O/c1-12-11-18-15(19(12)14-7-8-14)9-10-17-16(20)13-5-3-2-4-6-13/h11,13-14H,2-10H2,1H3,(H,17,20). The van der Waals surface area contributed by atoms with E-state index >= 15 is 0 Å². The highest BCUT2D eigenvalue weighted by molar-refractivity contribution is 5.78. The quantitative estimate of drug-likeness (QED) is 0.898. The summed E-state index contributed by atoms with van der Waals surface area (Å²) in [7, 11) is 0. The fourth-order valence-electron chi connectivity index (χ4n) is 3.32. The molecule has 0 radical (unpaired) electrons. The molecule has 1 amide bonds. The van der Waals surface area contributed by atoms with Crippen molar-refractivity contribution in [1.82, 2.24) is 14.9 Å². The molecular weight excluding hydrogens is 250 g/mol. The van der Waals surface area contributed by atoms with Crippen molar-refractivity contribution >= 4 is 5.91 Å². The Hall–Kier alpha value is -1.32. The Labute approximate surface area is 121 Å². The minimum absolute atomic E-state index is 0.256. The minimum Gasteiger partial charge on any atom is -0.355 e. The molecule has 2 aliphatic rings. The van der Waals surface area contributed by atoms with E-state index in [1.807, 2.05) is 6.20 Å². The van der Waals surface area contributed by atoms with Gasteiger partial charge in [-0.15, -0.1) is 0 Å². The van der Waals surface area contributed by atoms with Gasteiger partial charge in [0.1, 0.15) is 5.82 Å². The van der Waals surface area contributed by atoms with Gasteiger partial charge in [0.2, 0.25) is 5.91 Å². The first-order chi connectivity index (χ1) is 9.75. The predicted molar refractivity (Wildman–Crippen MR) is 78.5 cm³/mol. The third-order valence-electron chi connectivity index (χ3n) is 4.59. The Morgan fingerprint density at radius 2 is 2.05 bits per heavy atom. The van der Waals surface area contributed by atoms with E-state index in [1.54, 1.807) is 0 Å². The highest BCUT2D eigenvalue weighted by atomic mass is 16.1. The Morgan fingerprint density at radius 1 is 1.30 bits per heavy atom. The van der Waals surface area contributed by atoms with Gasteiger partial charge in [0.15, 0.2) is 0 Å². The van der Waals surface area contributed by atoms with Gasteiger partial charge in [0, 0.05) is 36.8 Å². The monoisotopic (exact) mass is 275 g/mol. The number of nitrogens with zero attached hydrogens (tertiary/aromatic N) is 2. The van der Waals surface area contributed by atoms with Crippen molar-refractivity contribution in [3.8, 4) is 0 Å². The highest BCUT2D eigenvalue weighted by Gasteiger charge is 2.27. The van der Waals surface area contributed by atoms with Crippen LogP contribution in [0.5, 0.6) is 0 Å². The molecule has 2 fully saturated rings. The maximum absolute atomic E-state index is 12.1. The predicted octanol–water partition coefficient (Wildman–Crippen LogP) is 2.77. The first-order valence-corrected chi connectivity index (χ1v) is 8.06. The fraction of sp³-hybridized carbons (Fsp3) is 0.750. The van der Waals surface area contributed by atoms with Crippen LogP contribution in [0.15, 0.2) is 6.20 Å². The second kappa shape index (κ2) is 5.98. The van der Waals surface area contributed by atoms with Crippen LogP contribution >= 0.6 is 0 Å². The Balaban J connectivity index is 1.48. The van der Waals surface area contributed by atoms with Gasteiger partial charge in [-0.05, 0) is 32.6 Å². The second-order valence-corrected chi connectivity index (χ2v) is 6.29. The molecule has 1 heterocycles. The lowest BCUT2D eigenvalue weighted by atomic mass is 9.89. The molecule has 110 valence electrons. The summed E-state index contributed by atoms with van der Waals surface area (Å²) in [5.74, 6) is 1.65. The molecule has 20 heavy (non-hydrogen) atoms. The normalized spacial score (nSPS) is 20.1. The zero-order chi connectivity index (χ0) is 13.9. The van der Waals surface area contributed by atoms with Crippen LogP contribution in [0.3, 0.4) is 0 Å². The number of hydrogen-bond acceptors (Lipinski definition) is 2. The number of aromatic nitrogens is 2. The van der Waals surface area contributed by atoms with Crippen LogP contribution in [-0.4, -0.2) is 22.0 Å². The summed E-state index contributed by atoms with van der Waals surface area (Å²) in [6.45, 7) is 2.84. The Bertz CT molecular complexity index is 470. The van der Waals surface area contributed by atoms with Crippen molar-refractivity contribution in [2.45, 2.75) is 64.3 Å². The van der Waals surface area contributed by atoms with Gasteiger partial charge in [-0.3, -0.25) is 4.79 Å². The molecule has 0 atom stereocenters. The topological polar surface area (TPSA) is 46.9 Å². The van der Waals surface area contributed by atoms with Crippen molar-refractivity contribution in [3.05, 3.63) is 17.7 Å². The number of nitrogens with one attached hydrogen (secondary N) is 1. The number of amides is 1. The van der Waals surface area contributed by atoms with Gasteiger partial charge >= 0.3 is 0 Å². The Kier molecular flexibility index (Phi) is 4.08. The SMILES string of the molecule is Cc1cnc(CCNC(=O)C2CCCCC2)n1C1CC1. The maximum Gasteiger partial charge on any atom is 0.223 e. The van der Waals surface area contributed by atoms with Crippen molar-refractivity contribution in [2.24, 2.45) is 5.92 Å². The van der Waals surface area contributed by atoms with Crippen molar-refractivity contribution in [2.75, 3.05) is 6.54 Å². The third-order valence-corrected chi connectivity index (χ3v) is 4.59. The first kappa shape index (κ1) is 13.7. The average Bonchev–Trinajstić information content (AvgIpc) is 3.24. The molecule has 0 unspecified atom stereocenters. The van der Waals surface area contributed by atoms with Crippen LogP contribution in [0.2, 0.25) is 0 Å². The van der Waals surface area contributed by atoms with Gasteiger partial charge in [0.25, 0.3) is 0 Å². The lowest BCUT2D eigenvalue weighted by Gasteiger charge is -2.20. The molecular formula is C16H25N3O. The van der Waals surface area contributed by atoms with Crippen molar-refractivity contribution in [1.29, 1.82) is 0 Å². The van der Waals surface area contributed by atoms with E-state index in [4.69, 9.17) is 0 Å². The van der Waals surface area contributed by atoms with Gasteiger partial charge in [-0.25, -0.2) is 4.98 Å². The summed E-state index contributed by atoms with van der Waals surface area (Å²) in [6, 6.07) is 0.668. The lowest BCUT2D eigenvalue weighted by molar-refractivity contribution is -0.125. The molecule has 0 aromatic carbocycles. The summed E-state index contributed by atoms with van der Waals surface area (Å²) in [5, 5.41) is 3.10. The number of imidazole rings is 1. The molecule has 2 aliphatic carbocycles. The van der Waals surface area contributed by atoms with Crippen LogP contribution < -0.4 is 5.32 Å². The van der Waals surface area contributed by atoms with E-state index in [-0.39, 0.29) is 11.8 Å². The smallest absolute Gasteiger partial charge is 0.223 e. The second-order valence-electron chi connectivity index (χ2n) is 6.29. The molecule has 0 saturated heterocycles. The van der Waals surface area contributed by atoms with Gasteiger partial charge < -0.3 is 9.88 Å². The molecule has 4 heteroatoms. The van der Waals surface area contributed by atoms with Gasteiger partial charge in [-0.2, -0.15) is 0 Å². The molecule has 1 aromatic heterocycles. The molecule has 1 N–H and O–H groups in total. The molecule has 0 bridgehead atoms. The number of rotatable bonds is 5. The van der Waals surface area contributed by atoms with E-state index in [2.05, 4.69) is 21.8 Å². The third kappa shape index (κ3) is 3.05. The van der Waals surface area contributed by atoms with E-state index in [9.17, 15) is 4.79 Å². The van der Waals surface area contributed by atoms with Crippen LogP contribution in [0.1, 0.15) is 62.5 Å². The van der Waals surface area contributed by atoms with Crippen molar-refractivity contribution in [3.63, 3.8) is 0 Å². The number of hydrogen-bond donors (Lipinski definition) is 1. The molecule has 0 spiro atoms. The zero-order valence-electron chi connectivity index (χ0n) is 12.4. The van der Waals surface area contributed by atoms with Crippen molar-refractivity contribution < 1.29 is 4.79 Å². The highest BCUT2D eigenvalue weighted by Crippen LogP contribution is 2.36. The fourth-order valence-corrected chi connectivity index (χ4v) is 3.32. The van der Waals surface area contributed by atoms with Crippen LogP contribution in [0.4, 0.5) is 0 Å². The van der Waals surface area contributed by atoms with Gasteiger partial charge in [-0.1, -0.05) is 19.3 Å². The van der Waals surface area contributed by atoms with Crippen LogP contribution in [0, 0.1) is 12.8 Å². The molecule has 3 rings (SSSR count). The van der Waals surface area contributed by atoms with E-state index in [1.165, 1.54) is 37.8 Å². The summed E-state index contributed by atoms with van der Waals surface area (Å²) in [4.78, 5) is 16.6. The summed E-state index contributed by atoms with van der Waals surface area (Å²) >= 11 is 0. The Morgan fingerprint density at radius 3 is 2.75 bits per heavy atom.